The lowest BCUT2D eigenvalue weighted by Crippen LogP contribution is -2.10. The van der Waals surface area contributed by atoms with E-state index in [9.17, 15) is 13.2 Å². The summed E-state index contributed by atoms with van der Waals surface area (Å²) < 4.78 is 36.9. The van der Waals surface area contributed by atoms with Gasteiger partial charge in [0.2, 0.25) is 0 Å². The minimum Gasteiger partial charge on any atom is -0.318 e. The van der Waals surface area contributed by atoms with Crippen LogP contribution in [-0.2, 0) is 6.18 Å². The molecule has 0 spiro atoms. The molecular formula is C8H6F3N3S2. The Morgan fingerprint density at radius 3 is 2.56 bits per heavy atom. The third-order valence-electron chi connectivity index (χ3n) is 1.84. The number of rotatable bonds is 2. The summed E-state index contributed by atoms with van der Waals surface area (Å²) in [6, 6.07) is -0.639. The molecule has 2 aromatic rings. The second-order valence-electron chi connectivity index (χ2n) is 2.96. The van der Waals surface area contributed by atoms with Gasteiger partial charge in [-0.15, -0.1) is 22.7 Å². The number of aromatic nitrogens is 2. The highest BCUT2D eigenvalue weighted by molar-refractivity contribution is 7.11. The second-order valence-corrected chi connectivity index (χ2v) is 4.74. The Hall–Kier alpha value is -0.990. The van der Waals surface area contributed by atoms with Gasteiger partial charge in [-0.3, -0.25) is 0 Å². The normalized spacial score (nSPS) is 14.0. The topological polar surface area (TPSA) is 51.8 Å². The number of thiazole rings is 2. The molecule has 0 aromatic carbocycles. The summed E-state index contributed by atoms with van der Waals surface area (Å²) in [6.45, 7) is 0. The highest BCUT2D eigenvalue weighted by atomic mass is 32.1. The summed E-state index contributed by atoms with van der Waals surface area (Å²) in [7, 11) is 0. The van der Waals surface area contributed by atoms with Gasteiger partial charge in [0.15, 0.2) is 5.01 Å². The van der Waals surface area contributed by atoms with E-state index in [0.29, 0.717) is 21.9 Å². The summed E-state index contributed by atoms with van der Waals surface area (Å²) in [5.41, 5.74) is 7.91. The summed E-state index contributed by atoms with van der Waals surface area (Å²) in [5, 5.41) is 0.825. The number of alkyl halides is 3. The van der Waals surface area contributed by atoms with E-state index in [-0.39, 0.29) is 0 Å². The Labute approximate surface area is 96.8 Å². The molecule has 0 saturated carbocycles. The van der Waals surface area contributed by atoms with Gasteiger partial charge in [-0.05, 0) is 0 Å². The molecule has 0 fully saturated rings. The second kappa shape index (κ2) is 4.11. The van der Waals surface area contributed by atoms with Crippen molar-refractivity contribution in [3.63, 3.8) is 0 Å². The molecule has 1 unspecified atom stereocenters. The van der Waals surface area contributed by atoms with Gasteiger partial charge in [0, 0.05) is 16.5 Å². The number of nitrogens with two attached hydrogens (primary N) is 1. The first-order chi connectivity index (χ1) is 7.48. The lowest BCUT2D eigenvalue weighted by molar-refractivity contribution is -0.137. The van der Waals surface area contributed by atoms with E-state index in [1.54, 1.807) is 10.9 Å². The molecular weight excluding hydrogens is 259 g/mol. The molecule has 0 aliphatic carbocycles. The Balaban J connectivity index is 2.26. The molecule has 1 atom stereocenters. The molecule has 0 aliphatic heterocycles. The average molecular weight is 265 g/mol. The minimum absolute atomic E-state index is 0.359. The maximum atomic E-state index is 12.3. The van der Waals surface area contributed by atoms with Crippen molar-refractivity contribution in [2.24, 2.45) is 5.73 Å². The maximum absolute atomic E-state index is 12.3. The van der Waals surface area contributed by atoms with Crippen LogP contribution < -0.4 is 5.73 Å². The van der Waals surface area contributed by atoms with Crippen molar-refractivity contribution in [3.8, 4) is 0 Å². The van der Waals surface area contributed by atoms with Crippen LogP contribution in [0.3, 0.4) is 0 Å². The predicted molar refractivity (Wildman–Crippen MR) is 55.3 cm³/mol. The quantitative estimate of drug-likeness (QED) is 0.908. The van der Waals surface area contributed by atoms with E-state index in [0.717, 1.165) is 6.20 Å². The first kappa shape index (κ1) is 11.5. The number of hydrogen-bond acceptors (Lipinski definition) is 5. The molecule has 0 radical (unpaired) electrons. The highest BCUT2D eigenvalue weighted by Crippen LogP contribution is 2.35. The monoisotopic (exact) mass is 265 g/mol. The van der Waals surface area contributed by atoms with Crippen LogP contribution in [0.15, 0.2) is 17.1 Å². The van der Waals surface area contributed by atoms with Gasteiger partial charge in [0.05, 0.1) is 17.2 Å². The van der Waals surface area contributed by atoms with Gasteiger partial charge in [-0.1, -0.05) is 0 Å². The van der Waals surface area contributed by atoms with Gasteiger partial charge < -0.3 is 5.73 Å². The fourth-order valence-electron chi connectivity index (χ4n) is 1.08. The van der Waals surface area contributed by atoms with Crippen molar-refractivity contribution in [3.05, 3.63) is 32.7 Å². The molecule has 0 amide bonds. The Bertz CT molecular complexity index is 463. The lowest BCUT2D eigenvalue weighted by atomic mass is 10.2. The van der Waals surface area contributed by atoms with E-state index in [4.69, 9.17) is 5.73 Å². The van der Waals surface area contributed by atoms with Crippen LogP contribution in [0.4, 0.5) is 13.2 Å². The fraction of sp³-hybridized carbons (Fsp3) is 0.250. The Morgan fingerprint density at radius 1 is 1.31 bits per heavy atom. The molecule has 16 heavy (non-hydrogen) atoms. The maximum Gasteiger partial charge on any atom is 0.443 e. The number of halogens is 3. The minimum atomic E-state index is -4.41. The van der Waals surface area contributed by atoms with Crippen LogP contribution in [0, 0.1) is 0 Å². The largest absolute Gasteiger partial charge is 0.443 e. The van der Waals surface area contributed by atoms with Crippen molar-refractivity contribution >= 4 is 22.7 Å². The van der Waals surface area contributed by atoms with Crippen LogP contribution in [-0.4, -0.2) is 9.97 Å². The zero-order chi connectivity index (χ0) is 11.8. The van der Waals surface area contributed by atoms with Gasteiger partial charge in [-0.25, -0.2) is 9.97 Å². The molecule has 3 nitrogen and oxygen atoms in total. The van der Waals surface area contributed by atoms with Crippen molar-refractivity contribution < 1.29 is 13.2 Å². The van der Waals surface area contributed by atoms with Crippen molar-refractivity contribution in [1.29, 1.82) is 0 Å². The van der Waals surface area contributed by atoms with E-state index < -0.39 is 17.2 Å². The van der Waals surface area contributed by atoms with E-state index in [1.807, 2.05) is 0 Å². The van der Waals surface area contributed by atoms with Crippen molar-refractivity contribution in [1.82, 2.24) is 9.97 Å². The smallest absolute Gasteiger partial charge is 0.318 e. The first-order valence-corrected chi connectivity index (χ1v) is 5.91. The summed E-state index contributed by atoms with van der Waals surface area (Å²) in [5.74, 6) is 0. The number of hydrogen-bond donors (Lipinski definition) is 1. The molecule has 0 aliphatic rings. The zero-order valence-corrected chi connectivity index (χ0v) is 9.36. The molecule has 0 bridgehead atoms. The molecule has 0 saturated heterocycles. The van der Waals surface area contributed by atoms with Crippen LogP contribution >= 0.6 is 22.7 Å². The van der Waals surface area contributed by atoms with E-state index >= 15 is 0 Å². The van der Waals surface area contributed by atoms with Crippen LogP contribution in [0.5, 0.6) is 0 Å². The summed E-state index contributed by atoms with van der Waals surface area (Å²) in [4.78, 5) is 7.62. The molecule has 2 aromatic heterocycles. The zero-order valence-electron chi connectivity index (χ0n) is 7.73. The molecule has 86 valence electrons. The van der Waals surface area contributed by atoms with E-state index in [2.05, 4.69) is 9.97 Å². The van der Waals surface area contributed by atoms with Gasteiger partial charge in [0.25, 0.3) is 0 Å². The van der Waals surface area contributed by atoms with Gasteiger partial charge >= 0.3 is 6.18 Å². The highest BCUT2D eigenvalue weighted by Gasteiger charge is 2.35. The van der Waals surface area contributed by atoms with Gasteiger partial charge in [0.1, 0.15) is 0 Å². The molecule has 2 N–H and O–H groups in total. The standard InChI is InChI=1S/C8H6F3N3S2/c9-8(10,11)7-13-1-5(16-7)6(12)4-2-15-3-14-4/h1-3,6H,12H2. The predicted octanol–water partition coefficient (Wildman–Crippen LogP) is 2.67. The molecule has 2 heterocycles. The van der Waals surface area contributed by atoms with Crippen LogP contribution in [0.1, 0.15) is 21.6 Å². The average Bonchev–Trinajstić information content (AvgIpc) is 2.87. The Morgan fingerprint density at radius 2 is 2.06 bits per heavy atom. The van der Waals surface area contributed by atoms with Crippen molar-refractivity contribution in [2.75, 3.05) is 0 Å². The third-order valence-corrected chi connectivity index (χ3v) is 3.57. The third kappa shape index (κ3) is 2.23. The van der Waals surface area contributed by atoms with Crippen molar-refractivity contribution in [2.45, 2.75) is 12.2 Å². The lowest BCUT2D eigenvalue weighted by Gasteiger charge is -2.04. The van der Waals surface area contributed by atoms with E-state index in [1.165, 1.54) is 11.3 Å². The number of nitrogens with zero attached hydrogens (tertiary/aromatic N) is 2. The van der Waals surface area contributed by atoms with Gasteiger partial charge in [-0.2, -0.15) is 13.2 Å². The SMILES string of the molecule is NC(c1cscn1)c1cnc(C(F)(F)F)s1. The summed E-state index contributed by atoms with van der Waals surface area (Å²) in [6.07, 6.45) is -3.26. The first-order valence-electron chi connectivity index (χ1n) is 4.15. The Kier molecular flexibility index (Phi) is 2.96. The molecule has 8 heteroatoms. The summed E-state index contributed by atoms with van der Waals surface area (Å²) >= 11 is 1.90. The van der Waals surface area contributed by atoms with Crippen LogP contribution in [0.25, 0.3) is 0 Å². The van der Waals surface area contributed by atoms with Crippen LogP contribution in [0.2, 0.25) is 0 Å². The fourth-order valence-corrected chi connectivity index (χ4v) is 2.47. The molecule has 2 rings (SSSR count).